The molecule has 1 heterocycles. The van der Waals surface area contributed by atoms with Crippen molar-refractivity contribution >= 4 is 0 Å². The highest BCUT2D eigenvalue weighted by atomic mass is 15.4. The van der Waals surface area contributed by atoms with E-state index in [4.69, 9.17) is 0 Å². The summed E-state index contributed by atoms with van der Waals surface area (Å²) in [5.74, 6) is 0.685. The molecular formula is C12H22N4. The van der Waals surface area contributed by atoms with Crippen LogP contribution in [0.5, 0.6) is 0 Å². The molecule has 4 nitrogen and oxygen atoms in total. The Labute approximate surface area is 97.4 Å². The molecule has 0 aliphatic heterocycles. The molecule has 90 valence electrons. The van der Waals surface area contributed by atoms with Gasteiger partial charge in [-0.25, -0.2) is 4.68 Å². The molecule has 1 aromatic rings. The molecular weight excluding hydrogens is 200 g/mol. The van der Waals surface area contributed by atoms with Gasteiger partial charge in [-0.2, -0.15) is 0 Å². The van der Waals surface area contributed by atoms with E-state index in [0.717, 1.165) is 18.8 Å². The molecule has 0 radical (unpaired) electrons. The van der Waals surface area contributed by atoms with Gasteiger partial charge < -0.3 is 5.32 Å². The van der Waals surface area contributed by atoms with Crippen LogP contribution in [-0.2, 0) is 6.54 Å². The van der Waals surface area contributed by atoms with Gasteiger partial charge in [0.05, 0.1) is 17.9 Å². The average Bonchev–Trinajstić information content (AvgIpc) is 2.85. The molecule has 0 unspecified atom stereocenters. The van der Waals surface area contributed by atoms with E-state index in [1.807, 2.05) is 0 Å². The Bertz CT molecular complexity index is 313. The summed E-state index contributed by atoms with van der Waals surface area (Å²) in [4.78, 5) is 0. The number of hydrogen-bond donors (Lipinski definition) is 1. The van der Waals surface area contributed by atoms with Crippen LogP contribution < -0.4 is 5.32 Å². The minimum atomic E-state index is 0.603. The number of nitrogens with zero attached hydrogens (tertiary/aromatic N) is 3. The summed E-state index contributed by atoms with van der Waals surface area (Å²) in [6.45, 7) is 6.30. The molecule has 4 heteroatoms. The van der Waals surface area contributed by atoms with E-state index in [1.165, 1.54) is 25.7 Å². The second-order valence-corrected chi connectivity index (χ2v) is 5.15. The SMILES string of the molecule is CC(C)CNCc1cn(C2CCCC2)nn1. The summed E-state index contributed by atoms with van der Waals surface area (Å²) >= 11 is 0. The van der Waals surface area contributed by atoms with Crippen molar-refractivity contribution in [3.05, 3.63) is 11.9 Å². The number of aromatic nitrogens is 3. The first-order valence-corrected chi connectivity index (χ1v) is 6.37. The van der Waals surface area contributed by atoms with Gasteiger partial charge in [0.2, 0.25) is 0 Å². The molecule has 1 aromatic heterocycles. The molecule has 1 saturated carbocycles. The highest BCUT2D eigenvalue weighted by molar-refractivity contribution is 4.93. The zero-order chi connectivity index (χ0) is 11.4. The Balaban J connectivity index is 1.82. The van der Waals surface area contributed by atoms with Crippen LogP contribution in [0.2, 0.25) is 0 Å². The molecule has 16 heavy (non-hydrogen) atoms. The lowest BCUT2D eigenvalue weighted by Gasteiger charge is -2.07. The number of rotatable bonds is 5. The maximum Gasteiger partial charge on any atom is 0.0964 e. The summed E-state index contributed by atoms with van der Waals surface area (Å²) in [7, 11) is 0. The van der Waals surface area contributed by atoms with Gasteiger partial charge in [0.25, 0.3) is 0 Å². The standard InChI is InChI=1S/C12H22N4/c1-10(2)7-13-8-11-9-16(15-14-11)12-5-3-4-6-12/h9-10,12-13H,3-8H2,1-2H3. The Kier molecular flexibility index (Phi) is 3.93. The molecule has 0 saturated heterocycles. The third-order valence-corrected chi connectivity index (χ3v) is 3.12. The molecule has 1 aliphatic carbocycles. The first-order chi connectivity index (χ1) is 7.75. The van der Waals surface area contributed by atoms with Crippen molar-refractivity contribution < 1.29 is 0 Å². The first-order valence-electron chi connectivity index (χ1n) is 6.37. The van der Waals surface area contributed by atoms with E-state index >= 15 is 0 Å². The van der Waals surface area contributed by atoms with E-state index < -0.39 is 0 Å². The summed E-state index contributed by atoms with van der Waals surface area (Å²) in [6.07, 6.45) is 7.31. The van der Waals surface area contributed by atoms with Crippen LogP contribution in [0.25, 0.3) is 0 Å². The minimum Gasteiger partial charge on any atom is -0.311 e. The Morgan fingerprint density at radius 2 is 2.19 bits per heavy atom. The van der Waals surface area contributed by atoms with Gasteiger partial charge in [0.15, 0.2) is 0 Å². The predicted octanol–water partition coefficient (Wildman–Crippen LogP) is 2.14. The molecule has 2 rings (SSSR count). The Hall–Kier alpha value is -0.900. The van der Waals surface area contributed by atoms with Crippen LogP contribution in [0.1, 0.15) is 51.3 Å². The van der Waals surface area contributed by atoms with Gasteiger partial charge in [-0.15, -0.1) is 5.10 Å². The second kappa shape index (κ2) is 5.43. The quantitative estimate of drug-likeness (QED) is 0.830. The maximum absolute atomic E-state index is 4.22. The molecule has 0 atom stereocenters. The zero-order valence-corrected chi connectivity index (χ0v) is 10.3. The highest BCUT2D eigenvalue weighted by Crippen LogP contribution is 2.28. The van der Waals surface area contributed by atoms with Gasteiger partial charge in [-0.1, -0.05) is 31.9 Å². The maximum atomic E-state index is 4.22. The van der Waals surface area contributed by atoms with E-state index in [0.29, 0.717) is 12.0 Å². The topological polar surface area (TPSA) is 42.7 Å². The van der Waals surface area contributed by atoms with Crippen LogP contribution in [0.3, 0.4) is 0 Å². The van der Waals surface area contributed by atoms with Crippen LogP contribution in [0, 0.1) is 5.92 Å². The van der Waals surface area contributed by atoms with Gasteiger partial charge in [0.1, 0.15) is 0 Å². The number of nitrogens with one attached hydrogen (secondary N) is 1. The van der Waals surface area contributed by atoms with Crippen molar-refractivity contribution in [1.82, 2.24) is 20.3 Å². The fraction of sp³-hybridized carbons (Fsp3) is 0.833. The molecule has 1 aliphatic rings. The molecule has 0 bridgehead atoms. The lowest BCUT2D eigenvalue weighted by molar-refractivity contribution is 0.454. The van der Waals surface area contributed by atoms with E-state index in [2.05, 4.69) is 40.4 Å². The average molecular weight is 222 g/mol. The van der Waals surface area contributed by atoms with Gasteiger partial charge in [-0.3, -0.25) is 0 Å². The normalized spacial score (nSPS) is 17.4. The van der Waals surface area contributed by atoms with Crippen molar-refractivity contribution in [2.24, 2.45) is 5.92 Å². The van der Waals surface area contributed by atoms with Crippen LogP contribution in [-0.4, -0.2) is 21.5 Å². The third kappa shape index (κ3) is 3.04. The second-order valence-electron chi connectivity index (χ2n) is 5.15. The van der Waals surface area contributed by atoms with Gasteiger partial charge in [0, 0.05) is 6.54 Å². The summed E-state index contributed by atoms with van der Waals surface area (Å²) in [5, 5.41) is 11.8. The van der Waals surface area contributed by atoms with Crippen molar-refractivity contribution in [1.29, 1.82) is 0 Å². The molecule has 0 amide bonds. The van der Waals surface area contributed by atoms with Crippen molar-refractivity contribution in [3.8, 4) is 0 Å². The fourth-order valence-corrected chi connectivity index (χ4v) is 2.23. The summed E-state index contributed by atoms with van der Waals surface area (Å²) in [5.41, 5.74) is 1.06. The number of hydrogen-bond acceptors (Lipinski definition) is 3. The highest BCUT2D eigenvalue weighted by Gasteiger charge is 2.17. The fourth-order valence-electron chi connectivity index (χ4n) is 2.23. The third-order valence-electron chi connectivity index (χ3n) is 3.12. The largest absolute Gasteiger partial charge is 0.311 e. The van der Waals surface area contributed by atoms with Crippen molar-refractivity contribution in [3.63, 3.8) is 0 Å². The van der Waals surface area contributed by atoms with Crippen molar-refractivity contribution in [2.45, 2.75) is 52.1 Å². The van der Waals surface area contributed by atoms with Crippen molar-refractivity contribution in [2.75, 3.05) is 6.54 Å². The smallest absolute Gasteiger partial charge is 0.0964 e. The summed E-state index contributed by atoms with van der Waals surface area (Å²) < 4.78 is 2.05. The lowest BCUT2D eigenvalue weighted by atomic mass is 10.2. The summed E-state index contributed by atoms with van der Waals surface area (Å²) in [6, 6.07) is 0.603. The zero-order valence-electron chi connectivity index (χ0n) is 10.3. The minimum absolute atomic E-state index is 0.603. The Morgan fingerprint density at radius 3 is 2.88 bits per heavy atom. The van der Waals surface area contributed by atoms with Crippen LogP contribution >= 0.6 is 0 Å². The monoisotopic (exact) mass is 222 g/mol. The predicted molar refractivity (Wildman–Crippen MR) is 64.1 cm³/mol. The molecule has 1 fully saturated rings. The lowest BCUT2D eigenvalue weighted by Crippen LogP contribution is -2.19. The van der Waals surface area contributed by atoms with Crippen LogP contribution in [0.15, 0.2) is 6.20 Å². The Morgan fingerprint density at radius 1 is 1.44 bits per heavy atom. The molecule has 1 N–H and O–H groups in total. The molecule has 0 spiro atoms. The van der Waals surface area contributed by atoms with E-state index in [1.54, 1.807) is 0 Å². The van der Waals surface area contributed by atoms with Gasteiger partial charge >= 0.3 is 0 Å². The van der Waals surface area contributed by atoms with E-state index in [9.17, 15) is 0 Å². The van der Waals surface area contributed by atoms with E-state index in [-0.39, 0.29) is 0 Å². The first kappa shape index (κ1) is 11.6. The van der Waals surface area contributed by atoms with Crippen LogP contribution in [0.4, 0.5) is 0 Å². The van der Waals surface area contributed by atoms with Gasteiger partial charge in [-0.05, 0) is 25.3 Å². The molecule has 0 aromatic carbocycles.